The first kappa shape index (κ1) is 16.7. The molecule has 0 fully saturated rings. The number of aryl methyl sites for hydroxylation is 1. The van der Waals surface area contributed by atoms with Crippen LogP contribution in [0.5, 0.6) is 0 Å². The second-order valence-corrected chi connectivity index (χ2v) is 6.51. The molecule has 1 unspecified atom stereocenters. The fraction of sp³-hybridized carbons (Fsp3) is 0.417. The van der Waals surface area contributed by atoms with Gasteiger partial charge in [0.05, 0.1) is 21.4 Å². The summed E-state index contributed by atoms with van der Waals surface area (Å²) < 4.78 is 51.6. The molecule has 0 amide bonds. The van der Waals surface area contributed by atoms with E-state index in [0.717, 1.165) is 6.07 Å². The number of halogens is 6. The maximum Gasteiger partial charge on any atom is 0.441 e. The molecule has 2 nitrogen and oxygen atoms in total. The van der Waals surface area contributed by atoms with Gasteiger partial charge in [0.2, 0.25) is 0 Å². The summed E-state index contributed by atoms with van der Waals surface area (Å²) in [4.78, 5) is 4.17. The molecule has 0 radical (unpaired) electrons. The molecule has 0 saturated heterocycles. The summed E-state index contributed by atoms with van der Waals surface area (Å²) in [7, 11) is 0. The van der Waals surface area contributed by atoms with Gasteiger partial charge in [0, 0.05) is 18.4 Å². The molecule has 0 aliphatic rings. The molecule has 116 valence electrons. The lowest BCUT2D eigenvalue weighted by molar-refractivity contribution is -0.0328. The molecule has 9 heteroatoms. The Morgan fingerprint density at radius 3 is 2.62 bits per heavy atom. The summed E-state index contributed by atoms with van der Waals surface area (Å²) in [5, 5.41) is -0.629. The minimum Gasteiger partial charge on any atom is -0.326 e. The molecule has 0 aliphatic heterocycles. The van der Waals surface area contributed by atoms with Gasteiger partial charge in [-0.3, -0.25) is 0 Å². The van der Waals surface area contributed by atoms with Crippen LogP contribution < -0.4 is 0 Å². The minimum atomic E-state index is -4.30. The van der Waals surface area contributed by atoms with Crippen molar-refractivity contribution >= 4 is 46.0 Å². The predicted octanol–water partition coefficient (Wildman–Crippen LogP) is 5.38. The molecule has 0 saturated carbocycles. The largest absolute Gasteiger partial charge is 0.441 e. The zero-order valence-electron chi connectivity index (χ0n) is 10.7. The first-order chi connectivity index (χ1) is 9.69. The standard InChI is InChI=1S/C12H10Cl2F4N2S/c1-6(13)11-19-9-5-8(15)7(14)4-10(9)20(11)2-3-21-12(16,17)18/h4-6H,2-3H2,1H3. The fourth-order valence-corrected chi connectivity index (χ4v) is 2.76. The summed E-state index contributed by atoms with van der Waals surface area (Å²) in [5.74, 6) is -0.441. The van der Waals surface area contributed by atoms with Crippen molar-refractivity contribution in [2.75, 3.05) is 5.75 Å². The Morgan fingerprint density at radius 2 is 2.05 bits per heavy atom. The van der Waals surface area contributed by atoms with Crippen LogP contribution in [0.3, 0.4) is 0 Å². The third-order valence-electron chi connectivity index (χ3n) is 2.76. The van der Waals surface area contributed by atoms with E-state index in [1.54, 1.807) is 6.92 Å². The Balaban J connectivity index is 2.39. The van der Waals surface area contributed by atoms with E-state index in [-0.39, 0.29) is 29.1 Å². The summed E-state index contributed by atoms with van der Waals surface area (Å²) in [6.45, 7) is 1.70. The number of fused-ring (bicyclic) bond motifs is 1. The van der Waals surface area contributed by atoms with E-state index in [1.165, 1.54) is 10.6 Å². The summed E-state index contributed by atoms with van der Waals surface area (Å²) >= 11 is 11.6. The lowest BCUT2D eigenvalue weighted by Crippen LogP contribution is -2.10. The van der Waals surface area contributed by atoms with Crippen molar-refractivity contribution in [3.8, 4) is 0 Å². The Kier molecular flexibility index (Phi) is 4.95. The van der Waals surface area contributed by atoms with Gasteiger partial charge in [0.25, 0.3) is 0 Å². The van der Waals surface area contributed by atoms with Crippen molar-refractivity contribution in [1.82, 2.24) is 9.55 Å². The number of nitrogens with zero attached hydrogens (tertiary/aromatic N) is 2. The van der Waals surface area contributed by atoms with Crippen LogP contribution in [0.4, 0.5) is 17.6 Å². The fourth-order valence-electron chi connectivity index (χ4n) is 1.93. The third-order valence-corrected chi connectivity index (χ3v) is 3.96. The van der Waals surface area contributed by atoms with Crippen molar-refractivity contribution < 1.29 is 17.6 Å². The van der Waals surface area contributed by atoms with E-state index in [2.05, 4.69) is 4.98 Å². The van der Waals surface area contributed by atoms with Crippen LogP contribution in [-0.2, 0) is 6.54 Å². The molecule has 0 aliphatic carbocycles. The molecule has 2 rings (SSSR count). The lowest BCUT2D eigenvalue weighted by Gasteiger charge is -2.11. The lowest BCUT2D eigenvalue weighted by atomic mass is 10.3. The molecule has 0 spiro atoms. The molecule has 1 heterocycles. The highest BCUT2D eigenvalue weighted by Crippen LogP contribution is 2.32. The average Bonchev–Trinajstić information content (AvgIpc) is 2.67. The summed E-state index contributed by atoms with van der Waals surface area (Å²) in [6, 6.07) is 2.49. The predicted molar refractivity (Wildman–Crippen MR) is 77.5 cm³/mol. The number of hydrogen-bond acceptors (Lipinski definition) is 2. The smallest absolute Gasteiger partial charge is 0.326 e. The van der Waals surface area contributed by atoms with Crippen molar-refractivity contribution in [3.63, 3.8) is 0 Å². The highest BCUT2D eigenvalue weighted by molar-refractivity contribution is 8.00. The molecule has 1 atom stereocenters. The normalized spacial score (nSPS) is 13.9. The Labute approximate surface area is 132 Å². The maximum absolute atomic E-state index is 13.4. The Bertz CT molecular complexity index is 655. The number of benzene rings is 1. The van der Waals surface area contributed by atoms with Gasteiger partial charge < -0.3 is 4.57 Å². The molecular weight excluding hydrogens is 351 g/mol. The summed E-state index contributed by atoms with van der Waals surface area (Å²) in [6.07, 6.45) is 0. The monoisotopic (exact) mass is 360 g/mol. The van der Waals surface area contributed by atoms with E-state index >= 15 is 0 Å². The topological polar surface area (TPSA) is 17.8 Å². The second kappa shape index (κ2) is 6.22. The average molecular weight is 361 g/mol. The van der Waals surface area contributed by atoms with Crippen molar-refractivity contribution in [1.29, 1.82) is 0 Å². The molecule has 2 aromatic rings. The van der Waals surface area contributed by atoms with Crippen LogP contribution >= 0.6 is 35.0 Å². The minimum absolute atomic E-state index is 0.0506. The van der Waals surface area contributed by atoms with Crippen LogP contribution in [0.25, 0.3) is 11.0 Å². The Morgan fingerprint density at radius 1 is 1.38 bits per heavy atom. The summed E-state index contributed by atoms with van der Waals surface area (Å²) in [5.41, 5.74) is -3.52. The molecule has 0 bridgehead atoms. The first-order valence-corrected chi connectivity index (χ1v) is 7.69. The second-order valence-electron chi connectivity index (χ2n) is 4.29. The quantitative estimate of drug-likeness (QED) is 0.537. The number of alkyl halides is 4. The van der Waals surface area contributed by atoms with E-state index in [4.69, 9.17) is 23.2 Å². The van der Waals surface area contributed by atoms with Gasteiger partial charge in [-0.2, -0.15) is 13.2 Å². The van der Waals surface area contributed by atoms with Crippen molar-refractivity contribution in [2.45, 2.75) is 24.4 Å². The zero-order chi connectivity index (χ0) is 15.8. The highest BCUT2D eigenvalue weighted by Gasteiger charge is 2.28. The number of aromatic nitrogens is 2. The molecule has 1 aromatic carbocycles. The maximum atomic E-state index is 13.4. The van der Waals surface area contributed by atoms with Gasteiger partial charge in [-0.05, 0) is 24.8 Å². The number of imidazole rings is 1. The number of hydrogen-bond donors (Lipinski definition) is 0. The van der Waals surface area contributed by atoms with Gasteiger partial charge in [-0.25, -0.2) is 9.37 Å². The molecule has 1 aromatic heterocycles. The first-order valence-electron chi connectivity index (χ1n) is 5.89. The van der Waals surface area contributed by atoms with E-state index < -0.39 is 16.7 Å². The van der Waals surface area contributed by atoms with Crippen molar-refractivity contribution in [3.05, 3.63) is 28.8 Å². The molecule has 21 heavy (non-hydrogen) atoms. The number of rotatable bonds is 4. The van der Waals surface area contributed by atoms with Gasteiger partial charge in [0.1, 0.15) is 11.6 Å². The van der Waals surface area contributed by atoms with Gasteiger partial charge in [-0.15, -0.1) is 11.6 Å². The Hall–Kier alpha value is -0.660. The number of thioether (sulfide) groups is 1. The van der Waals surface area contributed by atoms with Crippen LogP contribution in [0.2, 0.25) is 5.02 Å². The van der Waals surface area contributed by atoms with Crippen molar-refractivity contribution in [2.24, 2.45) is 0 Å². The van der Waals surface area contributed by atoms with Crippen LogP contribution in [-0.4, -0.2) is 20.8 Å². The highest BCUT2D eigenvalue weighted by atomic mass is 35.5. The SMILES string of the molecule is CC(Cl)c1nc2cc(F)c(Cl)cc2n1CCSC(F)(F)F. The van der Waals surface area contributed by atoms with E-state index in [0.29, 0.717) is 16.9 Å². The van der Waals surface area contributed by atoms with Crippen LogP contribution in [0.15, 0.2) is 12.1 Å². The van der Waals surface area contributed by atoms with Gasteiger partial charge in [-0.1, -0.05) is 11.6 Å². The van der Waals surface area contributed by atoms with Crippen LogP contribution in [0, 0.1) is 5.82 Å². The van der Waals surface area contributed by atoms with E-state index in [9.17, 15) is 17.6 Å². The third kappa shape index (κ3) is 3.96. The molecular formula is C12H10Cl2F4N2S. The van der Waals surface area contributed by atoms with Gasteiger partial charge >= 0.3 is 5.51 Å². The zero-order valence-corrected chi connectivity index (χ0v) is 13.0. The van der Waals surface area contributed by atoms with Crippen LogP contribution in [0.1, 0.15) is 18.1 Å². The molecule has 0 N–H and O–H groups in total. The van der Waals surface area contributed by atoms with Gasteiger partial charge in [0.15, 0.2) is 0 Å². The van der Waals surface area contributed by atoms with E-state index in [1.807, 2.05) is 0 Å².